The van der Waals surface area contributed by atoms with Crippen LogP contribution in [0.25, 0.3) is 16.0 Å². The molecule has 0 aliphatic heterocycles. The molecule has 3 aromatic rings. The van der Waals surface area contributed by atoms with Crippen molar-refractivity contribution in [2.24, 2.45) is 5.73 Å². The van der Waals surface area contributed by atoms with E-state index >= 15 is 0 Å². The predicted molar refractivity (Wildman–Crippen MR) is 67.5 cm³/mol. The van der Waals surface area contributed by atoms with E-state index in [1.54, 1.807) is 0 Å². The summed E-state index contributed by atoms with van der Waals surface area (Å²) in [7, 11) is 0. The fourth-order valence-electron chi connectivity index (χ4n) is 1.63. The highest BCUT2D eigenvalue weighted by Crippen LogP contribution is 2.24. The van der Waals surface area contributed by atoms with Gasteiger partial charge in [0.25, 0.3) is 5.91 Å². The van der Waals surface area contributed by atoms with Crippen molar-refractivity contribution >= 4 is 33.1 Å². The molecule has 0 atom stereocenters. The van der Waals surface area contributed by atoms with Gasteiger partial charge in [-0.25, -0.2) is 14.6 Å². The summed E-state index contributed by atoms with van der Waals surface area (Å²) in [6.07, 6.45) is 2.95. The minimum absolute atomic E-state index is 0.0401. The number of primary amides is 1. The van der Waals surface area contributed by atoms with Crippen LogP contribution in [0.2, 0.25) is 0 Å². The summed E-state index contributed by atoms with van der Waals surface area (Å²) in [5.41, 5.74) is 11.9. The molecule has 0 saturated carbocycles. The molecule has 1 amide bonds. The number of thiophene rings is 1. The van der Waals surface area contributed by atoms with Crippen LogP contribution in [0.15, 0.2) is 24.0 Å². The van der Waals surface area contributed by atoms with Gasteiger partial charge >= 0.3 is 0 Å². The van der Waals surface area contributed by atoms with Crippen LogP contribution >= 0.6 is 11.3 Å². The number of rotatable bonds is 2. The number of aromatic nitrogens is 4. The predicted octanol–water partition coefficient (Wildman–Crippen LogP) is 0.558. The number of carbonyl (C=O) groups is 1. The zero-order valence-corrected chi connectivity index (χ0v) is 9.89. The van der Waals surface area contributed by atoms with E-state index in [1.807, 2.05) is 11.4 Å². The fraction of sp³-hybridized carbons (Fsp3) is 0. The Balaban J connectivity index is 2.23. The van der Waals surface area contributed by atoms with Crippen LogP contribution in [0.4, 0.5) is 5.69 Å². The second-order valence-corrected chi connectivity index (χ2v) is 4.49. The van der Waals surface area contributed by atoms with Gasteiger partial charge in [-0.05, 0) is 11.4 Å². The minimum Gasteiger partial charge on any atom is -0.396 e. The zero-order valence-electron chi connectivity index (χ0n) is 9.07. The number of anilines is 1. The van der Waals surface area contributed by atoms with E-state index in [-0.39, 0.29) is 11.4 Å². The summed E-state index contributed by atoms with van der Waals surface area (Å²) in [4.78, 5) is 19.4. The van der Waals surface area contributed by atoms with Crippen molar-refractivity contribution in [3.63, 3.8) is 0 Å². The molecule has 90 valence electrons. The highest BCUT2D eigenvalue weighted by atomic mass is 32.1. The summed E-state index contributed by atoms with van der Waals surface area (Å²) in [6, 6.07) is 1.88. The van der Waals surface area contributed by atoms with Gasteiger partial charge in [0.15, 0.2) is 11.5 Å². The molecular weight excluding hydrogens is 252 g/mol. The molecule has 0 aliphatic rings. The first-order valence-electron chi connectivity index (χ1n) is 5.00. The van der Waals surface area contributed by atoms with Crippen LogP contribution in [-0.2, 0) is 0 Å². The third-order valence-electron chi connectivity index (χ3n) is 2.42. The van der Waals surface area contributed by atoms with Gasteiger partial charge in [-0.2, -0.15) is 5.10 Å². The number of nitrogens with zero attached hydrogens (tertiary/aromatic N) is 4. The third-order valence-corrected chi connectivity index (χ3v) is 3.32. The van der Waals surface area contributed by atoms with Gasteiger partial charge < -0.3 is 11.5 Å². The molecule has 4 N–H and O–H groups in total. The smallest absolute Gasteiger partial charge is 0.271 e. The van der Waals surface area contributed by atoms with Crippen molar-refractivity contribution in [1.29, 1.82) is 0 Å². The van der Waals surface area contributed by atoms with E-state index in [0.717, 1.165) is 10.2 Å². The van der Waals surface area contributed by atoms with E-state index in [4.69, 9.17) is 11.5 Å². The van der Waals surface area contributed by atoms with E-state index in [1.165, 1.54) is 28.5 Å². The van der Waals surface area contributed by atoms with Gasteiger partial charge in [0.1, 0.15) is 6.33 Å². The fourth-order valence-corrected chi connectivity index (χ4v) is 2.45. The Morgan fingerprint density at radius 3 is 2.94 bits per heavy atom. The molecule has 3 aromatic heterocycles. The summed E-state index contributed by atoms with van der Waals surface area (Å²) in [5.74, 6) is -0.0862. The maximum atomic E-state index is 11.1. The van der Waals surface area contributed by atoms with Crippen LogP contribution in [-0.4, -0.2) is 25.7 Å². The number of hydrogen-bond donors (Lipinski definition) is 2. The molecule has 0 spiro atoms. The van der Waals surface area contributed by atoms with Crippen molar-refractivity contribution < 1.29 is 4.79 Å². The van der Waals surface area contributed by atoms with E-state index in [0.29, 0.717) is 5.82 Å². The first-order chi connectivity index (χ1) is 8.66. The average Bonchev–Trinajstić information content (AvgIpc) is 2.94. The molecule has 0 aromatic carbocycles. The van der Waals surface area contributed by atoms with Crippen molar-refractivity contribution in [2.45, 2.75) is 0 Å². The normalized spacial score (nSPS) is 10.9. The van der Waals surface area contributed by atoms with Gasteiger partial charge in [0, 0.05) is 0 Å². The molecular formula is C10H8N6OS. The molecule has 0 saturated heterocycles. The lowest BCUT2D eigenvalue weighted by atomic mass is 10.4. The molecule has 0 bridgehead atoms. The average molecular weight is 260 g/mol. The molecule has 0 radical (unpaired) electrons. The topological polar surface area (TPSA) is 113 Å². The molecule has 3 rings (SSSR count). The van der Waals surface area contributed by atoms with Gasteiger partial charge in [-0.3, -0.25) is 4.79 Å². The maximum Gasteiger partial charge on any atom is 0.271 e. The largest absolute Gasteiger partial charge is 0.396 e. The SMILES string of the molecule is NC(=O)c1nn(-c2ncnc3ccsc23)cc1N. The second kappa shape index (κ2) is 3.77. The first-order valence-corrected chi connectivity index (χ1v) is 5.88. The Labute approximate surface area is 105 Å². The van der Waals surface area contributed by atoms with Crippen LogP contribution in [0.1, 0.15) is 10.5 Å². The Morgan fingerprint density at radius 2 is 2.22 bits per heavy atom. The van der Waals surface area contributed by atoms with Gasteiger partial charge in [0.05, 0.1) is 22.1 Å². The molecule has 7 nitrogen and oxygen atoms in total. The summed E-state index contributed by atoms with van der Waals surface area (Å²) in [6.45, 7) is 0. The first kappa shape index (κ1) is 10.7. The maximum absolute atomic E-state index is 11.1. The second-order valence-electron chi connectivity index (χ2n) is 3.57. The van der Waals surface area contributed by atoms with Crippen LogP contribution < -0.4 is 11.5 Å². The highest BCUT2D eigenvalue weighted by Gasteiger charge is 2.15. The van der Waals surface area contributed by atoms with Gasteiger partial charge in [-0.15, -0.1) is 11.3 Å². The third kappa shape index (κ3) is 1.51. The van der Waals surface area contributed by atoms with E-state index in [2.05, 4.69) is 15.1 Å². The Hall–Kier alpha value is -2.48. The molecule has 3 heterocycles. The van der Waals surface area contributed by atoms with Crippen LogP contribution in [0.5, 0.6) is 0 Å². The molecule has 0 aliphatic carbocycles. The lowest BCUT2D eigenvalue weighted by Gasteiger charge is -2.00. The monoisotopic (exact) mass is 260 g/mol. The lowest BCUT2D eigenvalue weighted by molar-refractivity contribution is 0.0996. The summed E-state index contributed by atoms with van der Waals surface area (Å²) < 4.78 is 2.31. The number of carbonyl (C=O) groups excluding carboxylic acids is 1. The Bertz CT molecular complexity index is 746. The Kier molecular flexibility index (Phi) is 2.23. The van der Waals surface area contributed by atoms with E-state index < -0.39 is 5.91 Å². The summed E-state index contributed by atoms with van der Waals surface area (Å²) in [5, 5.41) is 5.95. The molecule has 0 unspecified atom stereocenters. The number of fused-ring (bicyclic) bond motifs is 1. The summed E-state index contributed by atoms with van der Waals surface area (Å²) >= 11 is 1.49. The molecule has 0 fully saturated rings. The Morgan fingerprint density at radius 1 is 1.39 bits per heavy atom. The molecule has 18 heavy (non-hydrogen) atoms. The van der Waals surface area contributed by atoms with Crippen molar-refractivity contribution in [2.75, 3.05) is 5.73 Å². The zero-order chi connectivity index (χ0) is 12.7. The minimum atomic E-state index is -0.664. The van der Waals surface area contributed by atoms with Crippen molar-refractivity contribution in [3.8, 4) is 5.82 Å². The number of hydrogen-bond acceptors (Lipinski definition) is 6. The van der Waals surface area contributed by atoms with Gasteiger partial charge in [-0.1, -0.05) is 0 Å². The van der Waals surface area contributed by atoms with Crippen LogP contribution in [0.3, 0.4) is 0 Å². The van der Waals surface area contributed by atoms with Crippen molar-refractivity contribution in [1.82, 2.24) is 19.7 Å². The standard InChI is InChI=1S/C10H8N6OS/c11-5-3-16(15-7(5)9(12)17)10-8-6(1-2-18-8)13-4-14-10/h1-4H,11H2,(H2,12,17). The van der Waals surface area contributed by atoms with Gasteiger partial charge in [0.2, 0.25) is 0 Å². The quantitative estimate of drug-likeness (QED) is 0.699. The van der Waals surface area contributed by atoms with E-state index in [9.17, 15) is 4.79 Å². The number of nitrogen functional groups attached to an aromatic ring is 1. The van der Waals surface area contributed by atoms with Crippen molar-refractivity contribution in [3.05, 3.63) is 29.7 Å². The molecule has 8 heteroatoms. The lowest BCUT2D eigenvalue weighted by Crippen LogP contribution is -2.14. The highest BCUT2D eigenvalue weighted by molar-refractivity contribution is 7.17. The number of nitrogens with two attached hydrogens (primary N) is 2. The van der Waals surface area contributed by atoms with Crippen LogP contribution in [0, 0.1) is 0 Å². The number of amides is 1.